The fraction of sp³-hybridized carbons (Fsp3) is 0.735. The maximum Gasteiger partial charge on any atom is 0.341 e. The zero-order valence-electron chi connectivity index (χ0n) is 28.3. The second-order valence-corrected chi connectivity index (χ2v) is 13.1. The van der Waals surface area contributed by atoms with Gasteiger partial charge in [0.15, 0.2) is 29.5 Å². The van der Waals surface area contributed by atoms with Crippen LogP contribution in [0, 0.1) is 5.92 Å². The van der Waals surface area contributed by atoms with Gasteiger partial charge in [-0.1, -0.05) is 45.6 Å². The molecule has 3 aliphatic rings. The van der Waals surface area contributed by atoms with E-state index in [2.05, 4.69) is 6.92 Å². The van der Waals surface area contributed by atoms with Crippen LogP contribution in [0.4, 0.5) is 0 Å². The largest absolute Gasteiger partial charge is 0.459 e. The van der Waals surface area contributed by atoms with Gasteiger partial charge in [0.2, 0.25) is 0 Å². The Hall–Kier alpha value is -3.25. The monoisotopic (exact) mass is 650 g/mol. The molecule has 1 heterocycles. The average molecular weight is 651 g/mol. The maximum atomic E-state index is 13.3. The molecule has 0 bridgehead atoms. The zero-order valence-corrected chi connectivity index (χ0v) is 28.3. The van der Waals surface area contributed by atoms with E-state index in [1.165, 1.54) is 13.8 Å². The van der Waals surface area contributed by atoms with Gasteiger partial charge in [0.1, 0.15) is 11.7 Å². The molecule has 1 saturated carbocycles. The predicted octanol–water partition coefficient (Wildman–Crippen LogP) is 3.93. The molecule has 12 nitrogen and oxygen atoms in total. The summed E-state index contributed by atoms with van der Waals surface area (Å²) in [6.45, 7) is 12.4. The van der Waals surface area contributed by atoms with Crippen molar-refractivity contribution >= 4 is 29.8 Å². The number of fused-ring (bicyclic) bond motifs is 3. The number of esters is 5. The van der Waals surface area contributed by atoms with Crippen molar-refractivity contribution in [1.82, 2.24) is 0 Å². The van der Waals surface area contributed by atoms with Crippen molar-refractivity contribution < 1.29 is 57.9 Å². The molecular weight excluding hydrogens is 600 g/mol. The van der Waals surface area contributed by atoms with E-state index in [0.717, 1.165) is 32.6 Å². The second kappa shape index (κ2) is 14.7. The number of aliphatic hydroxyl groups is 2. The van der Waals surface area contributed by atoms with Crippen molar-refractivity contribution in [2.24, 2.45) is 5.92 Å². The summed E-state index contributed by atoms with van der Waals surface area (Å²) >= 11 is 0. The van der Waals surface area contributed by atoms with E-state index >= 15 is 0 Å². The van der Waals surface area contributed by atoms with Crippen LogP contribution in [0.25, 0.3) is 0 Å². The van der Waals surface area contributed by atoms with E-state index in [1.807, 2.05) is 0 Å². The van der Waals surface area contributed by atoms with Gasteiger partial charge >= 0.3 is 29.8 Å². The molecule has 0 unspecified atom stereocenters. The molecule has 0 radical (unpaired) electrons. The van der Waals surface area contributed by atoms with Crippen molar-refractivity contribution in [2.75, 3.05) is 0 Å². The van der Waals surface area contributed by atoms with E-state index < -0.39 is 83.4 Å². The van der Waals surface area contributed by atoms with Gasteiger partial charge in [0.25, 0.3) is 0 Å². The summed E-state index contributed by atoms with van der Waals surface area (Å²) in [5.41, 5.74) is -6.12. The van der Waals surface area contributed by atoms with Crippen molar-refractivity contribution in [3.8, 4) is 0 Å². The molecule has 0 aromatic carbocycles. The number of allylic oxidation sites excluding steroid dienone is 1. The van der Waals surface area contributed by atoms with Crippen LogP contribution in [0.1, 0.15) is 113 Å². The van der Waals surface area contributed by atoms with E-state index in [9.17, 15) is 34.2 Å². The van der Waals surface area contributed by atoms with E-state index in [4.69, 9.17) is 23.7 Å². The van der Waals surface area contributed by atoms with Gasteiger partial charge in [-0.2, -0.15) is 0 Å². The molecule has 12 heteroatoms. The molecule has 2 fully saturated rings. The standard InChI is InChI=1S/C34H50O12/c1-9-12-13-14-15-17-24(37)43-28-26-25(20(5)27(28)44-30(38)19(4)11-3)29-34(41,33(8,40)31(39)45-29)22(42-23(36)16-10-2)18-32(26,7)46-21(6)35/h11,22,26-29,40-41H,9-10,12-18H2,1-8H3/b19-11-/t22-,26-,27-,28-,29-,32-,33+,34+/m0/s1. The first kappa shape index (κ1) is 37.2. The van der Waals surface area contributed by atoms with Crippen LogP contribution in [0.15, 0.2) is 22.8 Å². The summed E-state index contributed by atoms with van der Waals surface area (Å²) in [5.74, 6) is -5.03. The Kier molecular flexibility index (Phi) is 11.9. The Balaban J connectivity index is 2.23. The van der Waals surface area contributed by atoms with Crippen LogP contribution in [0.2, 0.25) is 0 Å². The van der Waals surface area contributed by atoms with Crippen LogP contribution in [0.3, 0.4) is 0 Å². The van der Waals surface area contributed by atoms with Crippen molar-refractivity contribution in [2.45, 2.75) is 154 Å². The highest BCUT2D eigenvalue weighted by atomic mass is 16.6. The average Bonchev–Trinajstić information content (AvgIpc) is 3.30. The minimum atomic E-state index is -2.57. The van der Waals surface area contributed by atoms with Crippen LogP contribution in [0.5, 0.6) is 0 Å². The molecule has 0 spiro atoms. The van der Waals surface area contributed by atoms with Crippen LogP contribution >= 0.6 is 0 Å². The van der Waals surface area contributed by atoms with Gasteiger partial charge in [-0.25, -0.2) is 9.59 Å². The normalized spacial score (nSPS) is 33.8. The topological polar surface area (TPSA) is 172 Å². The molecule has 2 N–H and O–H groups in total. The number of hydrogen-bond donors (Lipinski definition) is 2. The number of ether oxygens (including phenoxy) is 5. The Morgan fingerprint density at radius 2 is 1.57 bits per heavy atom. The number of carbonyl (C=O) groups is 5. The Morgan fingerprint density at radius 3 is 2.15 bits per heavy atom. The zero-order chi connectivity index (χ0) is 34.6. The number of rotatable bonds is 13. The maximum absolute atomic E-state index is 13.3. The smallest absolute Gasteiger partial charge is 0.341 e. The van der Waals surface area contributed by atoms with Gasteiger partial charge < -0.3 is 33.9 Å². The predicted molar refractivity (Wildman–Crippen MR) is 164 cm³/mol. The fourth-order valence-electron chi connectivity index (χ4n) is 6.90. The molecule has 0 amide bonds. The third-order valence-corrected chi connectivity index (χ3v) is 9.51. The second-order valence-electron chi connectivity index (χ2n) is 13.1. The first-order valence-corrected chi connectivity index (χ1v) is 16.3. The Bertz CT molecular complexity index is 1260. The lowest BCUT2D eigenvalue weighted by Crippen LogP contribution is -2.64. The Labute approximate surface area is 270 Å². The van der Waals surface area contributed by atoms with E-state index in [1.54, 1.807) is 33.8 Å². The first-order chi connectivity index (χ1) is 21.5. The molecule has 1 aliphatic heterocycles. The Morgan fingerprint density at radius 1 is 0.935 bits per heavy atom. The van der Waals surface area contributed by atoms with Crippen molar-refractivity contribution in [3.63, 3.8) is 0 Å². The highest BCUT2D eigenvalue weighted by molar-refractivity contribution is 5.88. The molecule has 46 heavy (non-hydrogen) atoms. The SMILES string of the molecule is C/C=C(/C)C(=O)O[C@H]1C(C)=C2[C@@H]3OC(=O)[C@@](C)(O)[C@@]3(O)[C@@H](OC(=O)CCC)C[C@](C)(OC(C)=O)[C@@H]2[C@@H]1OC(=O)CCCCCCC. The lowest BCUT2D eigenvalue weighted by Gasteiger charge is -2.41. The minimum Gasteiger partial charge on any atom is -0.459 e. The van der Waals surface area contributed by atoms with Gasteiger partial charge in [-0.05, 0) is 58.6 Å². The molecule has 3 rings (SSSR count). The lowest BCUT2D eigenvalue weighted by atomic mass is 9.75. The summed E-state index contributed by atoms with van der Waals surface area (Å²) in [4.78, 5) is 65.1. The summed E-state index contributed by atoms with van der Waals surface area (Å²) in [7, 11) is 0. The first-order valence-electron chi connectivity index (χ1n) is 16.3. The molecule has 0 aromatic rings. The quantitative estimate of drug-likeness (QED) is 0.0969. The number of unbranched alkanes of at least 4 members (excludes halogenated alkanes) is 4. The lowest BCUT2D eigenvalue weighted by molar-refractivity contribution is -0.212. The molecule has 2 aliphatic carbocycles. The highest BCUT2D eigenvalue weighted by Crippen LogP contribution is 2.57. The van der Waals surface area contributed by atoms with Gasteiger partial charge in [0.05, 0.1) is 5.92 Å². The minimum absolute atomic E-state index is 0.0234. The van der Waals surface area contributed by atoms with Gasteiger partial charge in [-0.15, -0.1) is 0 Å². The van der Waals surface area contributed by atoms with Crippen molar-refractivity contribution in [3.05, 3.63) is 22.8 Å². The van der Waals surface area contributed by atoms with Crippen LogP contribution in [-0.2, 0) is 47.7 Å². The third kappa shape index (κ3) is 7.02. The summed E-state index contributed by atoms with van der Waals surface area (Å²) in [5, 5.41) is 23.9. The summed E-state index contributed by atoms with van der Waals surface area (Å²) in [6, 6.07) is 0. The van der Waals surface area contributed by atoms with Crippen LogP contribution in [-0.4, -0.2) is 81.3 Å². The summed E-state index contributed by atoms with van der Waals surface area (Å²) < 4.78 is 29.3. The van der Waals surface area contributed by atoms with Gasteiger partial charge in [-0.3, -0.25) is 14.4 Å². The van der Waals surface area contributed by atoms with Gasteiger partial charge in [0, 0.05) is 31.8 Å². The number of hydrogen-bond acceptors (Lipinski definition) is 12. The molecule has 0 aromatic heterocycles. The highest BCUT2D eigenvalue weighted by Gasteiger charge is 2.76. The third-order valence-electron chi connectivity index (χ3n) is 9.51. The number of carbonyl (C=O) groups excluding carboxylic acids is 5. The molecule has 1 saturated heterocycles. The van der Waals surface area contributed by atoms with E-state index in [-0.39, 0.29) is 29.6 Å². The molecule has 8 atom stereocenters. The molecule has 258 valence electrons. The fourth-order valence-corrected chi connectivity index (χ4v) is 6.90. The van der Waals surface area contributed by atoms with E-state index in [0.29, 0.717) is 12.8 Å². The van der Waals surface area contributed by atoms with Crippen LogP contribution < -0.4 is 0 Å². The van der Waals surface area contributed by atoms with Crippen molar-refractivity contribution in [1.29, 1.82) is 0 Å². The molecular formula is C34H50O12. The summed E-state index contributed by atoms with van der Waals surface area (Å²) in [6.07, 6.45) is 0.272.